The van der Waals surface area contributed by atoms with Crippen molar-refractivity contribution in [2.45, 2.75) is 6.92 Å². The fourth-order valence-electron chi connectivity index (χ4n) is 2.47. The molecule has 3 rings (SSSR count). The summed E-state index contributed by atoms with van der Waals surface area (Å²) >= 11 is 1.50. The quantitative estimate of drug-likeness (QED) is 0.738. The minimum Gasteiger partial charge on any atom is -0.493 e. The van der Waals surface area contributed by atoms with Gasteiger partial charge in [-0.25, -0.2) is 4.98 Å². The largest absolute Gasteiger partial charge is 0.493 e. The van der Waals surface area contributed by atoms with Crippen LogP contribution in [0.25, 0.3) is 10.4 Å². The fourth-order valence-corrected chi connectivity index (χ4v) is 3.39. The lowest BCUT2D eigenvalue weighted by Gasteiger charge is -2.10. The van der Waals surface area contributed by atoms with Crippen LogP contribution < -0.4 is 14.8 Å². The van der Waals surface area contributed by atoms with Gasteiger partial charge in [0.15, 0.2) is 11.5 Å². The third-order valence-corrected chi connectivity index (χ3v) is 4.65. The third kappa shape index (κ3) is 3.64. The molecule has 0 unspecified atom stereocenters. The van der Waals surface area contributed by atoms with Crippen LogP contribution in [-0.4, -0.2) is 25.1 Å². The van der Waals surface area contributed by atoms with Crippen molar-refractivity contribution < 1.29 is 14.3 Å². The zero-order valence-electron chi connectivity index (χ0n) is 14.2. The Morgan fingerprint density at radius 2 is 1.76 bits per heavy atom. The lowest BCUT2D eigenvalue weighted by atomic mass is 10.1. The summed E-state index contributed by atoms with van der Waals surface area (Å²) in [6.07, 6.45) is 0. The first-order chi connectivity index (χ1) is 12.1. The lowest BCUT2D eigenvalue weighted by molar-refractivity contribution is 0.102. The van der Waals surface area contributed by atoms with E-state index in [-0.39, 0.29) is 5.91 Å². The van der Waals surface area contributed by atoms with Crippen molar-refractivity contribution in [1.29, 1.82) is 0 Å². The third-order valence-electron chi connectivity index (χ3n) is 3.63. The van der Waals surface area contributed by atoms with Crippen LogP contribution in [0.3, 0.4) is 0 Å². The predicted molar refractivity (Wildman–Crippen MR) is 99.8 cm³/mol. The first-order valence-corrected chi connectivity index (χ1v) is 8.50. The van der Waals surface area contributed by atoms with E-state index in [2.05, 4.69) is 10.3 Å². The van der Waals surface area contributed by atoms with Crippen molar-refractivity contribution in [2.75, 3.05) is 19.5 Å². The van der Waals surface area contributed by atoms with Gasteiger partial charge < -0.3 is 14.8 Å². The van der Waals surface area contributed by atoms with Gasteiger partial charge in [0.25, 0.3) is 5.91 Å². The Kier molecular flexibility index (Phi) is 5.00. The van der Waals surface area contributed by atoms with Crippen LogP contribution in [0.2, 0.25) is 0 Å². The maximum absolute atomic E-state index is 12.7. The summed E-state index contributed by atoms with van der Waals surface area (Å²) in [7, 11) is 3.13. The maximum Gasteiger partial charge on any atom is 0.275 e. The Bertz CT molecular complexity index is 891. The second kappa shape index (κ2) is 7.36. The summed E-state index contributed by atoms with van der Waals surface area (Å²) in [5.74, 6) is 0.906. The van der Waals surface area contributed by atoms with E-state index in [1.807, 2.05) is 37.3 Å². The number of hydrogen-bond donors (Lipinski definition) is 1. The number of carbonyl (C=O) groups is 1. The molecular formula is C19H18N2O3S. The minimum absolute atomic E-state index is 0.254. The van der Waals surface area contributed by atoms with Gasteiger partial charge in [-0.3, -0.25) is 4.79 Å². The van der Waals surface area contributed by atoms with Crippen molar-refractivity contribution in [3.8, 4) is 21.9 Å². The van der Waals surface area contributed by atoms with E-state index in [0.717, 1.165) is 15.4 Å². The van der Waals surface area contributed by atoms with E-state index in [0.29, 0.717) is 22.9 Å². The molecule has 1 heterocycles. The molecule has 0 fully saturated rings. The average molecular weight is 354 g/mol. The zero-order chi connectivity index (χ0) is 17.8. The minimum atomic E-state index is -0.254. The van der Waals surface area contributed by atoms with Gasteiger partial charge in [-0.05, 0) is 24.6 Å². The number of anilines is 1. The molecule has 3 aromatic rings. The Labute approximate surface area is 150 Å². The predicted octanol–water partition coefficient (Wildman–Crippen LogP) is 4.39. The smallest absolute Gasteiger partial charge is 0.275 e. The molecule has 0 spiro atoms. The molecule has 0 atom stereocenters. The highest BCUT2D eigenvalue weighted by atomic mass is 32.1. The lowest BCUT2D eigenvalue weighted by Crippen LogP contribution is -2.13. The van der Waals surface area contributed by atoms with Gasteiger partial charge >= 0.3 is 0 Å². The van der Waals surface area contributed by atoms with Gasteiger partial charge in [-0.2, -0.15) is 0 Å². The number of methoxy groups -OCH3 is 2. The van der Waals surface area contributed by atoms with Crippen LogP contribution in [0.1, 0.15) is 15.5 Å². The Balaban J connectivity index is 1.90. The van der Waals surface area contributed by atoms with Gasteiger partial charge in [-0.1, -0.05) is 30.3 Å². The summed E-state index contributed by atoms with van der Waals surface area (Å²) in [4.78, 5) is 18.0. The average Bonchev–Trinajstić information content (AvgIpc) is 3.04. The molecule has 25 heavy (non-hydrogen) atoms. The number of hydrogen-bond acceptors (Lipinski definition) is 5. The molecule has 2 aromatic carbocycles. The Morgan fingerprint density at radius 3 is 2.44 bits per heavy atom. The van der Waals surface area contributed by atoms with Crippen LogP contribution >= 0.6 is 11.3 Å². The number of rotatable bonds is 5. The SMILES string of the molecule is COc1ccc(NC(=O)c2nc(C)sc2-c2ccccc2)cc1OC. The van der Waals surface area contributed by atoms with Crippen LogP contribution in [-0.2, 0) is 0 Å². The van der Waals surface area contributed by atoms with E-state index < -0.39 is 0 Å². The standard InChI is InChI=1S/C19H18N2O3S/c1-12-20-17(18(25-12)13-7-5-4-6-8-13)19(22)21-14-9-10-15(23-2)16(11-14)24-3/h4-11H,1-3H3,(H,21,22). The van der Waals surface area contributed by atoms with E-state index in [1.165, 1.54) is 11.3 Å². The van der Waals surface area contributed by atoms with E-state index >= 15 is 0 Å². The van der Waals surface area contributed by atoms with Crippen LogP contribution in [0.15, 0.2) is 48.5 Å². The molecule has 0 aliphatic carbocycles. The van der Waals surface area contributed by atoms with E-state index in [9.17, 15) is 4.79 Å². The summed E-state index contributed by atoms with van der Waals surface area (Å²) in [5, 5.41) is 3.72. The molecule has 1 aromatic heterocycles. The molecule has 0 saturated heterocycles. The summed E-state index contributed by atoms with van der Waals surface area (Å²) in [6.45, 7) is 1.89. The summed E-state index contributed by atoms with van der Waals surface area (Å²) < 4.78 is 10.5. The number of aryl methyl sites for hydroxylation is 1. The molecule has 0 aliphatic rings. The number of aromatic nitrogens is 1. The molecule has 1 N–H and O–H groups in total. The van der Waals surface area contributed by atoms with E-state index in [1.54, 1.807) is 32.4 Å². The summed E-state index contributed by atoms with van der Waals surface area (Å²) in [6, 6.07) is 15.0. The van der Waals surface area contributed by atoms with Gasteiger partial charge in [0.1, 0.15) is 5.69 Å². The molecular weight excluding hydrogens is 336 g/mol. The Morgan fingerprint density at radius 1 is 1.04 bits per heavy atom. The second-order valence-corrected chi connectivity index (χ2v) is 6.50. The van der Waals surface area contributed by atoms with Crippen molar-refractivity contribution in [3.63, 3.8) is 0 Å². The van der Waals surface area contributed by atoms with Gasteiger partial charge in [-0.15, -0.1) is 11.3 Å². The highest BCUT2D eigenvalue weighted by molar-refractivity contribution is 7.15. The number of nitrogens with zero attached hydrogens (tertiary/aromatic N) is 1. The molecule has 0 aliphatic heterocycles. The van der Waals surface area contributed by atoms with Crippen molar-refractivity contribution in [3.05, 3.63) is 59.2 Å². The van der Waals surface area contributed by atoms with Crippen molar-refractivity contribution in [2.24, 2.45) is 0 Å². The van der Waals surface area contributed by atoms with Crippen LogP contribution in [0.5, 0.6) is 11.5 Å². The zero-order valence-corrected chi connectivity index (χ0v) is 15.0. The maximum atomic E-state index is 12.7. The summed E-state index contributed by atoms with van der Waals surface area (Å²) in [5.41, 5.74) is 2.02. The van der Waals surface area contributed by atoms with Crippen molar-refractivity contribution in [1.82, 2.24) is 4.98 Å². The van der Waals surface area contributed by atoms with E-state index in [4.69, 9.17) is 9.47 Å². The van der Waals surface area contributed by atoms with Crippen molar-refractivity contribution >= 4 is 22.9 Å². The first kappa shape index (κ1) is 17.0. The highest BCUT2D eigenvalue weighted by Crippen LogP contribution is 2.32. The Hall–Kier alpha value is -2.86. The molecule has 0 bridgehead atoms. The highest BCUT2D eigenvalue weighted by Gasteiger charge is 2.19. The number of benzene rings is 2. The monoisotopic (exact) mass is 354 g/mol. The van der Waals surface area contributed by atoms with Crippen LogP contribution in [0, 0.1) is 6.92 Å². The number of carbonyl (C=O) groups excluding carboxylic acids is 1. The molecule has 5 nitrogen and oxygen atoms in total. The van der Waals surface area contributed by atoms with Gasteiger partial charge in [0.05, 0.1) is 24.1 Å². The fraction of sp³-hybridized carbons (Fsp3) is 0.158. The number of thiazole rings is 1. The number of ether oxygens (including phenoxy) is 2. The molecule has 1 amide bonds. The normalized spacial score (nSPS) is 10.4. The molecule has 6 heteroatoms. The first-order valence-electron chi connectivity index (χ1n) is 7.68. The van der Waals surface area contributed by atoms with Gasteiger partial charge in [0, 0.05) is 11.8 Å². The van der Waals surface area contributed by atoms with Crippen LogP contribution in [0.4, 0.5) is 5.69 Å². The topological polar surface area (TPSA) is 60.5 Å². The molecule has 0 radical (unpaired) electrons. The molecule has 128 valence electrons. The second-order valence-electron chi connectivity index (χ2n) is 5.30. The molecule has 0 saturated carbocycles. The number of nitrogens with one attached hydrogen (secondary N) is 1. The number of amides is 1. The van der Waals surface area contributed by atoms with Gasteiger partial charge in [0.2, 0.25) is 0 Å².